The van der Waals surface area contributed by atoms with Crippen molar-refractivity contribution in [2.24, 2.45) is 11.8 Å². The Morgan fingerprint density at radius 2 is 1.31 bits per heavy atom. The van der Waals surface area contributed by atoms with Gasteiger partial charge < -0.3 is 18.0 Å². The van der Waals surface area contributed by atoms with E-state index in [0.717, 1.165) is 36.7 Å². The highest BCUT2D eigenvalue weighted by molar-refractivity contribution is 6.60. The summed E-state index contributed by atoms with van der Waals surface area (Å²) in [7, 11) is -2.45. The number of hydrogen-bond acceptors (Lipinski definition) is 4. The van der Waals surface area contributed by atoms with Crippen molar-refractivity contribution >= 4 is 8.80 Å². The number of hydrogen-bond donors (Lipinski definition) is 0. The van der Waals surface area contributed by atoms with Gasteiger partial charge in [0.25, 0.3) is 0 Å². The van der Waals surface area contributed by atoms with E-state index in [1.807, 2.05) is 51.1 Å². The second-order valence-corrected chi connectivity index (χ2v) is 10.8. The van der Waals surface area contributed by atoms with Gasteiger partial charge >= 0.3 is 8.80 Å². The minimum atomic E-state index is -2.45. The topological polar surface area (TPSA) is 36.9 Å². The third-order valence-electron chi connectivity index (χ3n) is 5.94. The second-order valence-electron chi connectivity index (χ2n) is 8.06. The average Bonchev–Trinajstić information content (AvgIpc) is 2.74. The molecular formula is C24H42O4Si. The molecule has 0 saturated heterocycles. The summed E-state index contributed by atoms with van der Waals surface area (Å²) < 4.78 is 23.8. The summed E-state index contributed by atoms with van der Waals surface area (Å²) in [5.74, 6) is 2.72. The summed E-state index contributed by atoms with van der Waals surface area (Å²) in [4.78, 5) is 0. The van der Waals surface area contributed by atoms with Gasteiger partial charge in [0.05, 0.1) is 6.61 Å². The molecule has 1 aliphatic rings. The maximum absolute atomic E-state index is 5.97. The molecule has 1 aromatic carbocycles. The number of unbranched alkanes of at least 4 members (excludes halogenated alkanes) is 1. The summed E-state index contributed by atoms with van der Waals surface area (Å²) in [6, 6.07) is 11.1. The van der Waals surface area contributed by atoms with E-state index in [-0.39, 0.29) is 0 Å². The molecule has 0 radical (unpaired) electrons. The highest BCUT2D eigenvalue weighted by Gasteiger charge is 2.39. The zero-order chi connectivity index (χ0) is 20.8. The maximum Gasteiger partial charge on any atom is 0.500 e. The van der Waals surface area contributed by atoms with Crippen molar-refractivity contribution in [1.82, 2.24) is 0 Å². The summed E-state index contributed by atoms with van der Waals surface area (Å²) in [5.41, 5.74) is 0. The molecule has 0 N–H and O–H groups in total. The van der Waals surface area contributed by atoms with Crippen LogP contribution in [0.2, 0.25) is 6.04 Å². The minimum Gasteiger partial charge on any atom is -0.494 e. The third kappa shape index (κ3) is 9.20. The number of rotatable bonds is 15. The number of para-hydroxylation sites is 1. The molecule has 166 valence electrons. The minimum absolute atomic E-state index is 0.671. The smallest absolute Gasteiger partial charge is 0.494 e. The van der Waals surface area contributed by atoms with Crippen LogP contribution in [0.15, 0.2) is 30.3 Å². The van der Waals surface area contributed by atoms with Gasteiger partial charge in [-0.05, 0) is 57.6 Å². The van der Waals surface area contributed by atoms with Gasteiger partial charge in [0.1, 0.15) is 5.75 Å². The number of ether oxygens (including phenoxy) is 1. The predicted octanol–water partition coefficient (Wildman–Crippen LogP) is 6.48. The number of benzene rings is 1. The molecule has 1 aromatic rings. The van der Waals surface area contributed by atoms with Crippen molar-refractivity contribution in [2.45, 2.75) is 78.2 Å². The van der Waals surface area contributed by atoms with Gasteiger partial charge in [-0.2, -0.15) is 0 Å². The highest BCUT2D eigenvalue weighted by atomic mass is 28.4. The molecule has 0 unspecified atom stereocenters. The Hall–Kier alpha value is -0.883. The van der Waals surface area contributed by atoms with Gasteiger partial charge in [0.15, 0.2) is 0 Å². The average molecular weight is 423 g/mol. The van der Waals surface area contributed by atoms with Gasteiger partial charge in [-0.3, -0.25) is 0 Å². The molecule has 1 fully saturated rings. The third-order valence-corrected chi connectivity index (χ3v) is 9.09. The predicted molar refractivity (Wildman–Crippen MR) is 121 cm³/mol. The zero-order valence-corrected chi connectivity index (χ0v) is 19.9. The van der Waals surface area contributed by atoms with Crippen molar-refractivity contribution in [3.8, 4) is 5.75 Å². The molecule has 0 amide bonds. The van der Waals surface area contributed by atoms with Crippen LogP contribution in [-0.4, -0.2) is 35.2 Å². The van der Waals surface area contributed by atoms with Gasteiger partial charge in [-0.1, -0.05) is 56.7 Å². The molecule has 4 nitrogen and oxygen atoms in total. The van der Waals surface area contributed by atoms with Crippen LogP contribution in [0.5, 0.6) is 5.75 Å². The fourth-order valence-corrected chi connectivity index (χ4v) is 7.13. The molecule has 0 aromatic heterocycles. The molecule has 0 heterocycles. The Kier molecular flexibility index (Phi) is 11.9. The van der Waals surface area contributed by atoms with Crippen LogP contribution in [0.25, 0.3) is 0 Å². The Morgan fingerprint density at radius 3 is 1.86 bits per heavy atom. The van der Waals surface area contributed by atoms with Crippen molar-refractivity contribution in [1.29, 1.82) is 0 Å². The van der Waals surface area contributed by atoms with Gasteiger partial charge in [-0.15, -0.1) is 0 Å². The monoisotopic (exact) mass is 422 g/mol. The largest absolute Gasteiger partial charge is 0.500 e. The molecule has 0 aliphatic heterocycles. The Morgan fingerprint density at radius 1 is 0.759 bits per heavy atom. The molecule has 0 atom stereocenters. The molecule has 1 aliphatic carbocycles. The lowest BCUT2D eigenvalue weighted by Crippen LogP contribution is -2.45. The van der Waals surface area contributed by atoms with Crippen LogP contribution in [0.4, 0.5) is 0 Å². The lowest BCUT2D eigenvalue weighted by molar-refractivity contribution is 0.0705. The Bertz CT molecular complexity index is 500. The summed E-state index contributed by atoms with van der Waals surface area (Å²) in [5, 5.41) is 0. The van der Waals surface area contributed by atoms with E-state index in [2.05, 4.69) is 0 Å². The SMILES string of the molecule is CCO[Si](CCCCC1CCC(CCOc2ccccc2)CC1)(OCC)OCC. The van der Waals surface area contributed by atoms with E-state index in [1.54, 1.807) is 0 Å². The molecule has 1 saturated carbocycles. The van der Waals surface area contributed by atoms with E-state index < -0.39 is 8.80 Å². The summed E-state index contributed by atoms with van der Waals surface area (Å²) >= 11 is 0. The first kappa shape index (κ1) is 24.4. The van der Waals surface area contributed by atoms with E-state index in [4.69, 9.17) is 18.0 Å². The van der Waals surface area contributed by atoms with Crippen LogP contribution in [0.1, 0.15) is 72.1 Å². The van der Waals surface area contributed by atoms with E-state index in [9.17, 15) is 0 Å². The first-order valence-electron chi connectivity index (χ1n) is 11.8. The second kappa shape index (κ2) is 14.2. The Labute approximate surface area is 179 Å². The molecular weight excluding hydrogens is 380 g/mol. The molecule has 0 spiro atoms. The quantitative estimate of drug-likeness (QED) is 0.239. The van der Waals surface area contributed by atoms with Crippen molar-refractivity contribution in [3.63, 3.8) is 0 Å². The molecule has 29 heavy (non-hydrogen) atoms. The maximum atomic E-state index is 5.97. The van der Waals surface area contributed by atoms with Crippen LogP contribution in [-0.2, 0) is 13.3 Å². The van der Waals surface area contributed by atoms with Crippen LogP contribution >= 0.6 is 0 Å². The highest BCUT2D eigenvalue weighted by Crippen LogP contribution is 2.34. The van der Waals surface area contributed by atoms with Gasteiger partial charge in [-0.25, -0.2) is 0 Å². The van der Waals surface area contributed by atoms with Crippen molar-refractivity contribution in [2.75, 3.05) is 26.4 Å². The van der Waals surface area contributed by atoms with E-state index >= 15 is 0 Å². The van der Waals surface area contributed by atoms with Crippen molar-refractivity contribution < 1.29 is 18.0 Å². The fraction of sp³-hybridized carbons (Fsp3) is 0.750. The normalized spacial score (nSPS) is 20.0. The molecule has 5 heteroatoms. The zero-order valence-electron chi connectivity index (χ0n) is 18.9. The standard InChI is InChI=1S/C24H42O4Si/c1-4-26-29(27-5-2,28-6-3)21-11-10-12-22-15-17-23(18-16-22)19-20-25-24-13-8-7-9-14-24/h7-9,13-14,22-23H,4-6,10-12,15-21H2,1-3H3. The summed E-state index contributed by atoms with van der Waals surface area (Å²) in [6.07, 6.45) is 10.4. The fourth-order valence-electron chi connectivity index (χ4n) is 4.44. The lowest BCUT2D eigenvalue weighted by atomic mass is 9.79. The first-order valence-corrected chi connectivity index (χ1v) is 13.7. The van der Waals surface area contributed by atoms with Gasteiger partial charge in [0, 0.05) is 25.9 Å². The first-order chi connectivity index (χ1) is 14.2. The van der Waals surface area contributed by atoms with Crippen LogP contribution in [0, 0.1) is 11.8 Å². The lowest BCUT2D eigenvalue weighted by Gasteiger charge is -2.30. The van der Waals surface area contributed by atoms with Gasteiger partial charge in [0.2, 0.25) is 0 Å². The summed E-state index contributed by atoms with van der Waals surface area (Å²) in [6.45, 7) is 8.95. The van der Waals surface area contributed by atoms with E-state index in [0.29, 0.717) is 19.8 Å². The van der Waals surface area contributed by atoms with Crippen molar-refractivity contribution in [3.05, 3.63) is 30.3 Å². The molecule has 2 rings (SSSR count). The Balaban J connectivity index is 1.59. The van der Waals surface area contributed by atoms with Crippen LogP contribution in [0.3, 0.4) is 0 Å². The molecule has 0 bridgehead atoms. The van der Waals surface area contributed by atoms with Crippen LogP contribution < -0.4 is 4.74 Å². The van der Waals surface area contributed by atoms with E-state index in [1.165, 1.54) is 44.9 Å².